The molecule has 0 aromatic carbocycles. The zero-order valence-corrected chi connectivity index (χ0v) is 45.1. The molecule has 1 rings (SSSR count). The second-order valence-electron chi connectivity index (χ2n) is 21.4. The third kappa shape index (κ3) is 36.6. The third-order valence-electron chi connectivity index (χ3n) is 14.9. The van der Waals surface area contributed by atoms with E-state index in [1.54, 1.807) is 0 Å². The fourth-order valence-corrected chi connectivity index (χ4v) is 10.0. The molecule has 1 amide bonds. The minimum Gasteiger partial charge on any atom is -0.394 e. The number of ether oxygens (including phenoxy) is 2. The number of aliphatic hydroxyl groups is 7. The minimum atomic E-state index is -1.66. The smallest absolute Gasteiger partial charge is 0.249 e. The van der Waals surface area contributed by atoms with Crippen LogP contribution in [0.4, 0.5) is 0 Å². The highest BCUT2D eigenvalue weighted by molar-refractivity contribution is 5.80. The lowest BCUT2D eigenvalue weighted by atomic mass is 9.98. The maximum Gasteiger partial charge on any atom is 0.249 e. The Kier molecular flexibility index (Phi) is 46.1. The SMILES string of the molecule is CCCCCCCCCCCCCCCCCCCCCCCCCCCCCCCCCCCCC(O)C(=O)NC(COC1OC(CO)C(O)C(O)C1O)C(O)C(O)CCCCCCCCCC. The maximum absolute atomic E-state index is 13.1. The van der Waals surface area contributed by atoms with Gasteiger partial charge in [-0.15, -0.1) is 0 Å². The van der Waals surface area contributed by atoms with Crippen molar-refractivity contribution in [3.05, 3.63) is 0 Å². The summed E-state index contributed by atoms with van der Waals surface area (Å²) in [6.45, 7) is 3.43. The number of rotatable bonds is 52. The van der Waals surface area contributed by atoms with Crippen LogP contribution in [0.5, 0.6) is 0 Å². The van der Waals surface area contributed by atoms with Crippen molar-refractivity contribution in [1.29, 1.82) is 0 Å². The van der Waals surface area contributed by atoms with Crippen LogP contribution in [0.1, 0.15) is 296 Å². The van der Waals surface area contributed by atoms with E-state index >= 15 is 0 Å². The molecular formula is C58H115NO10. The molecule has 8 N–H and O–H groups in total. The van der Waals surface area contributed by atoms with Crippen LogP contribution < -0.4 is 5.32 Å². The first kappa shape index (κ1) is 66.1. The monoisotopic (exact) mass is 986 g/mol. The van der Waals surface area contributed by atoms with Crippen molar-refractivity contribution in [2.75, 3.05) is 13.2 Å². The van der Waals surface area contributed by atoms with Crippen LogP contribution in [0.2, 0.25) is 0 Å². The predicted molar refractivity (Wildman–Crippen MR) is 284 cm³/mol. The number of hydrogen-bond donors (Lipinski definition) is 8. The molecule has 0 bridgehead atoms. The second-order valence-corrected chi connectivity index (χ2v) is 21.4. The number of amides is 1. The molecule has 11 heteroatoms. The molecule has 0 radical (unpaired) electrons. The topological polar surface area (TPSA) is 189 Å². The highest BCUT2D eigenvalue weighted by atomic mass is 16.7. The summed E-state index contributed by atoms with van der Waals surface area (Å²) >= 11 is 0. The largest absolute Gasteiger partial charge is 0.394 e. The maximum atomic E-state index is 13.1. The van der Waals surface area contributed by atoms with Crippen molar-refractivity contribution in [3.8, 4) is 0 Å². The Morgan fingerprint density at radius 3 is 1.07 bits per heavy atom. The number of nitrogens with one attached hydrogen (secondary N) is 1. The van der Waals surface area contributed by atoms with Gasteiger partial charge in [-0.1, -0.05) is 284 Å². The van der Waals surface area contributed by atoms with E-state index in [1.165, 1.54) is 218 Å². The van der Waals surface area contributed by atoms with Gasteiger partial charge in [0.05, 0.1) is 25.4 Å². The molecule has 0 aromatic rings. The molecule has 0 spiro atoms. The fraction of sp³-hybridized carbons (Fsp3) is 0.983. The van der Waals surface area contributed by atoms with E-state index in [-0.39, 0.29) is 6.42 Å². The Hall–Kier alpha value is -0.890. The quantitative estimate of drug-likeness (QED) is 0.0272. The van der Waals surface area contributed by atoms with Gasteiger partial charge in [-0.25, -0.2) is 0 Å². The minimum absolute atomic E-state index is 0.267. The lowest BCUT2D eigenvalue weighted by Gasteiger charge is -2.40. The molecule has 1 saturated heterocycles. The summed E-state index contributed by atoms with van der Waals surface area (Å²) in [7, 11) is 0. The van der Waals surface area contributed by atoms with Crippen molar-refractivity contribution < 1.29 is 50.0 Å². The van der Waals surface area contributed by atoms with Gasteiger partial charge in [0.15, 0.2) is 6.29 Å². The molecule has 9 unspecified atom stereocenters. The first-order valence-corrected chi connectivity index (χ1v) is 29.9. The van der Waals surface area contributed by atoms with Gasteiger partial charge in [0.25, 0.3) is 0 Å². The van der Waals surface area contributed by atoms with Gasteiger partial charge in [0.1, 0.15) is 36.6 Å². The Balaban J connectivity index is 2.08. The van der Waals surface area contributed by atoms with E-state index in [0.29, 0.717) is 19.3 Å². The third-order valence-corrected chi connectivity index (χ3v) is 14.9. The average Bonchev–Trinajstić information content (AvgIpc) is 3.35. The Morgan fingerprint density at radius 1 is 0.449 bits per heavy atom. The van der Waals surface area contributed by atoms with Crippen LogP contribution in [-0.4, -0.2) is 110 Å². The second kappa shape index (κ2) is 48.1. The number of carbonyl (C=O) groups excluding carboxylic acids is 1. The molecule has 412 valence electrons. The molecule has 69 heavy (non-hydrogen) atoms. The van der Waals surface area contributed by atoms with Crippen molar-refractivity contribution in [1.82, 2.24) is 5.32 Å². The Morgan fingerprint density at radius 2 is 0.754 bits per heavy atom. The molecule has 0 saturated carbocycles. The molecule has 0 aliphatic carbocycles. The standard InChI is InChI=1S/C58H115NO10/c1-3-5-7-9-11-13-14-15-16-17-18-19-20-21-22-23-24-25-26-27-28-29-30-31-32-33-34-35-36-37-38-40-42-44-46-51(62)57(67)59-49(48-68-58-56(66)55(65)54(64)52(47-60)69-58)53(63)50(61)45-43-41-39-12-10-8-6-4-2/h49-56,58,60-66H,3-48H2,1-2H3,(H,59,67). The van der Waals surface area contributed by atoms with Crippen molar-refractivity contribution >= 4 is 5.91 Å². The van der Waals surface area contributed by atoms with Gasteiger partial charge < -0.3 is 50.5 Å². The van der Waals surface area contributed by atoms with Gasteiger partial charge in [0.2, 0.25) is 5.91 Å². The molecule has 11 nitrogen and oxygen atoms in total. The summed E-state index contributed by atoms with van der Waals surface area (Å²) in [6.07, 6.45) is 43.7. The summed E-state index contributed by atoms with van der Waals surface area (Å²) in [4.78, 5) is 13.1. The first-order valence-electron chi connectivity index (χ1n) is 29.9. The zero-order chi connectivity index (χ0) is 50.4. The van der Waals surface area contributed by atoms with Crippen LogP contribution in [0.15, 0.2) is 0 Å². The molecule has 1 aliphatic heterocycles. The molecule has 1 fully saturated rings. The summed E-state index contributed by atoms with van der Waals surface area (Å²) in [6, 6.07) is -1.16. The summed E-state index contributed by atoms with van der Waals surface area (Å²) in [5.41, 5.74) is 0. The van der Waals surface area contributed by atoms with E-state index in [4.69, 9.17) is 9.47 Å². The first-order chi connectivity index (χ1) is 33.7. The van der Waals surface area contributed by atoms with E-state index in [9.17, 15) is 40.5 Å². The molecule has 1 heterocycles. The fourth-order valence-electron chi connectivity index (χ4n) is 10.0. The molecular weight excluding hydrogens is 871 g/mol. The van der Waals surface area contributed by atoms with Gasteiger partial charge in [-0.05, 0) is 12.8 Å². The Labute approximate surface area is 424 Å². The predicted octanol–water partition coefficient (Wildman–Crippen LogP) is 12.6. The normalized spacial score (nSPS) is 20.3. The van der Waals surface area contributed by atoms with Gasteiger partial charge in [-0.2, -0.15) is 0 Å². The van der Waals surface area contributed by atoms with Crippen LogP contribution in [0.25, 0.3) is 0 Å². The van der Waals surface area contributed by atoms with Crippen molar-refractivity contribution in [2.24, 2.45) is 0 Å². The lowest BCUT2D eigenvalue weighted by molar-refractivity contribution is -0.303. The van der Waals surface area contributed by atoms with E-state index in [2.05, 4.69) is 19.2 Å². The molecule has 0 aromatic heterocycles. The highest BCUT2D eigenvalue weighted by Crippen LogP contribution is 2.24. The van der Waals surface area contributed by atoms with Crippen LogP contribution in [0.3, 0.4) is 0 Å². The highest BCUT2D eigenvalue weighted by Gasteiger charge is 2.44. The zero-order valence-electron chi connectivity index (χ0n) is 45.1. The summed E-state index contributed by atoms with van der Waals surface area (Å²) in [5, 5.41) is 75.7. The van der Waals surface area contributed by atoms with E-state index in [1.807, 2.05) is 0 Å². The number of unbranched alkanes of at least 4 members (excludes halogenated alkanes) is 40. The lowest BCUT2D eigenvalue weighted by Crippen LogP contribution is -2.60. The van der Waals surface area contributed by atoms with E-state index in [0.717, 1.165) is 38.5 Å². The number of aliphatic hydroxyl groups excluding tert-OH is 7. The van der Waals surface area contributed by atoms with Crippen LogP contribution in [-0.2, 0) is 14.3 Å². The number of carbonyl (C=O) groups is 1. The number of hydrogen-bond acceptors (Lipinski definition) is 10. The van der Waals surface area contributed by atoms with Crippen LogP contribution in [0, 0.1) is 0 Å². The summed E-state index contributed by atoms with van der Waals surface area (Å²) in [5.74, 6) is -0.693. The van der Waals surface area contributed by atoms with Crippen molar-refractivity contribution in [3.63, 3.8) is 0 Å². The van der Waals surface area contributed by atoms with E-state index < -0.39 is 74.2 Å². The average molecular weight is 987 g/mol. The van der Waals surface area contributed by atoms with Gasteiger partial charge in [-0.3, -0.25) is 4.79 Å². The Bertz CT molecular complexity index is 1090. The van der Waals surface area contributed by atoms with Gasteiger partial charge in [0, 0.05) is 0 Å². The molecule has 1 aliphatic rings. The molecule has 9 atom stereocenters. The van der Waals surface area contributed by atoms with Crippen LogP contribution >= 0.6 is 0 Å². The van der Waals surface area contributed by atoms with Gasteiger partial charge >= 0.3 is 0 Å². The summed E-state index contributed by atoms with van der Waals surface area (Å²) < 4.78 is 11.1. The van der Waals surface area contributed by atoms with Crippen molar-refractivity contribution in [2.45, 2.75) is 351 Å².